The average molecular weight is 595 g/mol. The molecule has 0 radical (unpaired) electrons. The van der Waals surface area contributed by atoms with Gasteiger partial charge in [-0.3, -0.25) is 33.8 Å². The third-order valence-electron chi connectivity index (χ3n) is 9.32. The molecular formula is C36H26N4O5. The van der Waals surface area contributed by atoms with E-state index in [0.29, 0.717) is 33.6 Å². The van der Waals surface area contributed by atoms with Gasteiger partial charge in [-0.2, -0.15) is 0 Å². The monoisotopic (exact) mass is 594 g/mol. The Morgan fingerprint density at radius 1 is 0.578 bits per heavy atom. The summed E-state index contributed by atoms with van der Waals surface area (Å²) in [5, 5.41) is 3.89. The molecule has 45 heavy (non-hydrogen) atoms. The second kappa shape index (κ2) is 9.85. The lowest BCUT2D eigenvalue weighted by Crippen LogP contribution is -2.42. The van der Waals surface area contributed by atoms with Crippen molar-refractivity contribution in [3.05, 3.63) is 136 Å². The molecule has 220 valence electrons. The minimum atomic E-state index is -1.29. The molecule has 1 aromatic heterocycles. The van der Waals surface area contributed by atoms with Crippen molar-refractivity contribution in [3.8, 4) is 0 Å². The van der Waals surface area contributed by atoms with Gasteiger partial charge in [0.1, 0.15) is 5.41 Å². The standard InChI is InChI=1S/C36H26N4O5/c41-31-23-10-1-2-11-24(23)32(42)39(31)19-17-22-21-9-5-7-15-28(21)37-30(22)36(27-14-6-8-16-29(27)38-35(36)45)18-20-40-33(43)25-12-3-4-13-26(25)34(40)44/h1-16,37H,17-20H2,(H,38,45). The second-order valence-electron chi connectivity index (χ2n) is 11.5. The number of aromatic amines is 1. The predicted molar refractivity (Wildman–Crippen MR) is 166 cm³/mol. The molecule has 9 heteroatoms. The summed E-state index contributed by atoms with van der Waals surface area (Å²) in [4.78, 5) is 73.3. The SMILES string of the molecule is O=C1c2ccccc2C(=O)N1CCc1c(C2(CCN3C(=O)c4ccccc4C3=O)C(=O)Nc3ccccc32)[nH]c2ccccc12. The van der Waals surface area contributed by atoms with E-state index in [-0.39, 0.29) is 55.5 Å². The molecule has 1 atom stereocenters. The first kappa shape index (κ1) is 26.8. The van der Waals surface area contributed by atoms with Crippen molar-refractivity contribution in [1.82, 2.24) is 14.8 Å². The van der Waals surface area contributed by atoms with Crippen molar-refractivity contribution in [3.63, 3.8) is 0 Å². The summed E-state index contributed by atoms with van der Waals surface area (Å²) < 4.78 is 0. The van der Waals surface area contributed by atoms with Gasteiger partial charge in [-0.25, -0.2) is 0 Å². The van der Waals surface area contributed by atoms with Gasteiger partial charge in [0.25, 0.3) is 23.6 Å². The highest BCUT2D eigenvalue weighted by Gasteiger charge is 2.51. The Bertz CT molecular complexity index is 2060. The number of rotatable bonds is 7. The molecular weight excluding hydrogens is 568 g/mol. The van der Waals surface area contributed by atoms with Gasteiger partial charge < -0.3 is 10.3 Å². The van der Waals surface area contributed by atoms with Crippen LogP contribution >= 0.6 is 0 Å². The fraction of sp³-hybridized carbons (Fsp3) is 0.139. The van der Waals surface area contributed by atoms with Crippen LogP contribution < -0.4 is 5.32 Å². The van der Waals surface area contributed by atoms with E-state index < -0.39 is 5.41 Å². The summed E-state index contributed by atoms with van der Waals surface area (Å²) in [7, 11) is 0. The number of carbonyl (C=O) groups is 5. The molecule has 0 spiro atoms. The Labute approximate surface area is 257 Å². The van der Waals surface area contributed by atoms with E-state index in [1.54, 1.807) is 48.5 Å². The van der Waals surface area contributed by atoms with Crippen molar-refractivity contribution in [1.29, 1.82) is 0 Å². The lowest BCUT2D eigenvalue weighted by molar-refractivity contribution is -0.120. The third kappa shape index (κ3) is 3.76. The first-order valence-electron chi connectivity index (χ1n) is 14.8. The number of H-pyrrole nitrogens is 1. The highest BCUT2D eigenvalue weighted by molar-refractivity contribution is 6.22. The summed E-state index contributed by atoms with van der Waals surface area (Å²) in [5.41, 5.74) is 3.72. The smallest absolute Gasteiger partial charge is 0.261 e. The van der Waals surface area contributed by atoms with Crippen LogP contribution in [0.5, 0.6) is 0 Å². The molecule has 0 fully saturated rings. The quantitative estimate of drug-likeness (QED) is 0.259. The topological polar surface area (TPSA) is 120 Å². The number of amides is 5. The van der Waals surface area contributed by atoms with Gasteiger partial charge in [-0.1, -0.05) is 60.7 Å². The van der Waals surface area contributed by atoms with Crippen molar-refractivity contribution < 1.29 is 24.0 Å². The molecule has 0 saturated heterocycles. The van der Waals surface area contributed by atoms with E-state index in [9.17, 15) is 24.0 Å². The number of nitrogens with one attached hydrogen (secondary N) is 2. The fourth-order valence-corrected chi connectivity index (χ4v) is 7.15. The number of aromatic nitrogens is 1. The molecule has 0 aliphatic carbocycles. The summed E-state index contributed by atoms with van der Waals surface area (Å²) in [6.07, 6.45) is 0.406. The normalized spacial score (nSPS) is 18.5. The highest BCUT2D eigenvalue weighted by atomic mass is 16.2. The van der Waals surface area contributed by atoms with Crippen LogP contribution in [0.4, 0.5) is 5.69 Å². The van der Waals surface area contributed by atoms with Crippen LogP contribution in [-0.2, 0) is 16.6 Å². The molecule has 5 amide bonds. The predicted octanol–water partition coefficient (Wildman–Crippen LogP) is 4.93. The lowest BCUT2D eigenvalue weighted by atomic mass is 9.73. The molecule has 1 unspecified atom stereocenters. The second-order valence-corrected chi connectivity index (χ2v) is 11.5. The molecule has 9 nitrogen and oxygen atoms in total. The lowest BCUT2D eigenvalue weighted by Gasteiger charge is -2.30. The fourth-order valence-electron chi connectivity index (χ4n) is 7.15. The molecule has 5 aromatic rings. The minimum absolute atomic E-state index is 0.00130. The number of carbonyl (C=O) groups excluding carboxylic acids is 5. The van der Waals surface area contributed by atoms with Gasteiger partial charge in [0.15, 0.2) is 0 Å². The van der Waals surface area contributed by atoms with Crippen LogP contribution in [0, 0.1) is 0 Å². The van der Waals surface area contributed by atoms with Crippen LogP contribution in [-0.4, -0.2) is 57.4 Å². The summed E-state index contributed by atoms with van der Waals surface area (Å²) >= 11 is 0. The number of nitrogens with zero attached hydrogens (tertiary/aromatic N) is 2. The third-order valence-corrected chi connectivity index (χ3v) is 9.32. The van der Waals surface area contributed by atoms with E-state index in [2.05, 4.69) is 10.3 Å². The number of imide groups is 2. The van der Waals surface area contributed by atoms with E-state index in [0.717, 1.165) is 22.0 Å². The van der Waals surface area contributed by atoms with Crippen molar-refractivity contribution in [2.24, 2.45) is 0 Å². The highest BCUT2D eigenvalue weighted by Crippen LogP contribution is 2.48. The maximum absolute atomic E-state index is 14.2. The minimum Gasteiger partial charge on any atom is -0.357 e. The van der Waals surface area contributed by atoms with Gasteiger partial charge in [-0.05, 0) is 60.4 Å². The maximum atomic E-state index is 14.2. The number of hydrogen-bond acceptors (Lipinski definition) is 5. The summed E-state index contributed by atoms with van der Waals surface area (Å²) in [6.45, 7) is 0.111. The average Bonchev–Trinajstić information content (AvgIpc) is 3.73. The Balaban J connectivity index is 1.22. The van der Waals surface area contributed by atoms with Gasteiger partial charge >= 0.3 is 0 Å². The van der Waals surface area contributed by atoms with Crippen molar-refractivity contribution in [2.45, 2.75) is 18.3 Å². The van der Waals surface area contributed by atoms with Gasteiger partial charge in [0.05, 0.1) is 22.3 Å². The number of fused-ring (bicyclic) bond motifs is 4. The van der Waals surface area contributed by atoms with Gasteiger partial charge in [0, 0.05) is 35.4 Å². The zero-order valence-electron chi connectivity index (χ0n) is 24.0. The first-order valence-corrected chi connectivity index (χ1v) is 14.8. The van der Waals surface area contributed by atoms with Crippen LogP contribution in [0.25, 0.3) is 10.9 Å². The Morgan fingerprint density at radius 2 is 1.09 bits per heavy atom. The number of para-hydroxylation sites is 2. The van der Waals surface area contributed by atoms with Gasteiger partial charge in [0.2, 0.25) is 5.91 Å². The number of benzene rings is 4. The Morgan fingerprint density at radius 3 is 1.71 bits per heavy atom. The molecule has 3 aliphatic rings. The van der Waals surface area contributed by atoms with Crippen LogP contribution in [0.3, 0.4) is 0 Å². The van der Waals surface area contributed by atoms with Crippen LogP contribution in [0.15, 0.2) is 97.1 Å². The molecule has 0 saturated carbocycles. The summed E-state index contributed by atoms with van der Waals surface area (Å²) in [6, 6.07) is 28.6. The van der Waals surface area contributed by atoms with E-state index in [1.807, 2.05) is 48.5 Å². The zero-order chi connectivity index (χ0) is 30.9. The van der Waals surface area contributed by atoms with Crippen LogP contribution in [0.2, 0.25) is 0 Å². The molecule has 4 heterocycles. The van der Waals surface area contributed by atoms with Crippen molar-refractivity contribution >= 4 is 46.1 Å². The largest absolute Gasteiger partial charge is 0.357 e. The molecule has 8 rings (SSSR count). The van der Waals surface area contributed by atoms with E-state index in [1.165, 1.54) is 9.80 Å². The van der Waals surface area contributed by atoms with Crippen molar-refractivity contribution in [2.75, 3.05) is 18.4 Å². The molecule has 4 aromatic carbocycles. The number of anilines is 1. The Hall–Kier alpha value is -5.83. The van der Waals surface area contributed by atoms with Crippen LogP contribution in [0.1, 0.15) is 64.7 Å². The van der Waals surface area contributed by atoms with E-state index in [4.69, 9.17) is 0 Å². The van der Waals surface area contributed by atoms with E-state index >= 15 is 0 Å². The maximum Gasteiger partial charge on any atom is 0.261 e. The number of hydrogen-bond donors (Lipinski definition) is 2. The molecule has 0 bridgehead atoms. The molecule has 3 aliphatic heterocycles. The first-order chi connectivity index (χ1) is 21.9. The molecule has 2 N–H and O–H groups in total. The van der Waals surface area contributed by atoms with Gasteiger partial charge in [-0.15, -0.1) is 0 Å². The zero-order valence-corrected chi connectivity index (χ0v) is 24.0. The summed E-state index contributed by atoms with van der Waals surface area (Å²) in [5.74, 6) is -1.75. The Kier molecular flexibility index (Phi) is 5.86.